The summed E-state index contributed by atoms with van der Waals surface area (Å²) in [6, 6.07) is 11.2. The number of nitrogens with one attached hydrogen (secondary N) is 1. The van der Waals surface area contributed by atoms with Crippen molar-refractivity contribution in [3.05, 3.63) is 69.6 Å². The molecule has 1 aromatic carbocycles. The second kappa shape index (κ2) is 7.23. The van der Waals surface area contributed by atoms with E-state index in [1.54, 1.807) is 22.9 Å². The average Bonchev–Trinajstić information content (AvgIpc) is 3.06. The van der Waals surface area contributed by atoms with E-state index in [-0.39, 0.29) is 17.7 Å². The maximum absolute atomic E-state index is 12.7. The second-order valence-corrected chi connectivity index (χ2v) is 6.94. The van der Waals surface area contributed by atoms with Crippen LogP contribution >= 0.6 is 0 Å². The summed E-state index contributed by atoms with van der Waals surface area (Å²) in [4.78, 5) is 25.3. The van der Waals surface area contributed by atoms with Gasteiger partial charge in [-0.05, 0) is 37.5 Å². The quantitative estimate of drug-likeness (QED) is 0.877. The van der Waals surface area contributed by atoms with Gasteiger partial charge >= 0.3 is 0 Å². The van der Waals surface area contributed by atoms with Crippen molar-refractivity contribution < 1.29 is 9.90 Å². The third kappa shape index (κ3) is 3.82. The van der Waals surface area contributed by atoms with Gasteiger partial charge in [-0.3, -0.25) is 9.59 Å². The van der Waals surface area contributed by atoms with Crippen molar-refractivity contribution in [2.24, 2.45) is 0 Å². The molecule has 0 saturated heterocycles. The molecule has 0 aliphatic heterocycles. The van der Waals surface area contributed by atoms with Crippen LogP contribution in [-0.2, 0) is 6.54 Å². The van der Waals surface area contributed by atoms with Crippen LogP contribution in [-0.4, -0.2) is 27.7 Å². The van der Waals surface area contributed by atoms with Crippen LogP contribution in [0.4, 0.5) is 0 Å². The Hall–Kier alpha value is -2.40. The molecule has 1 aliphatic rings. The van der Waals surface area contributed by atoms with Gasteiger partial charge in [-0.15, -0.1) is 0 Å². The molecule has 1 aromatic heterocycles. The lowest BCUT2D eigenvalue weighted by atomic mass is 9.98. The van der Waals surface area contributed by atoms with Crippen LogP contribution in [0.1, 0.15) is 47.2 Å². The van der Waals surface area contributed by atoms with Crippen LogP contribution in [0.25, 0.3) is 0 Å². The summed E-state index contributed by atoms with van der Waals surface area (Å²) in [6.07, 6.45) is 5.15. The van der Waals surface area contributed by atoms with Crippen molar-refractivity contribution in [1.29, 1.82) is 0 Å². The van der Waals surface area contributed by atoms with E-state index >= 15 is 0 Å². The van der Waals surface area contributed by atoms with Crippen molar-refractivity contribution in [2.45, 2.75) is 44.7 Å². The largest absolute Gasteiger partial charge is 0.394 e. The minimum atomic E-state index is -0.583. The number of aryl methyl sites for hydroxylation is 1. The number of benzene rings is 1. The number of hydrogen-bond donors (Lipinski definition) is 2. The average molecular weight is 340 g/mol. The molecule has 1 amide bonds. The summed E-state index contributed by atoms with van der Waals surface area (Å²) in [5.41, 5.74) is 1.37. The first kappa shape index (κ1) is 17.4. The highest BCUT2D eigenvalue weighted by Crippen LogP contribution is 2.29. The number of carbonyl (C=O) groups is 1. The maximum atomic E-state index is 12.7. The first-order valence-corrected chi connectivity index (χ1v) is 8.71. The number of aliphatic hydroxyl groups excluding tert-OH is 1. The normalized spacial score (nSPS) is 15.9. The van der Waals surface area contributed by atoms with Crippen molar-refractivity contribution in [2.75, 3.05) is 6.61 Å². The van der Waals surface area contributed by atoms with Gasteiger partial charge in [-0.25, -0.2) is 0 Å². The van der Waals surface area contributed by atoms with E-state index < -0.39 is 11.4 Å². The minimum absolute atomic E-state index is 0.0942. The fraction of sp³-hybridized carbons (Fsp3) is 0.400. The van der Waals surface area contributed by atoms with Crippen molar-refractivity contribution in [1.82, 2.24) is 9.88 Å². The molecule has 3 rings (SSSR count). The third-order valence-corrected chi connectivity index (χ3v) is 4.94. The summed E-state index contributed by atoms with van der Waals surface area (Å²) in [5.74, 6) is -0.403. The summed E-state index contributed by atoms with van der Waals surface area (Å²) in [7, 11) is 0. The lowest BCUT2D eigenvalue weighted by Crippen LogP contribution is -2.50. The SMILES string of the molecule is Cc1cccc(Cn2cccc(C(=O)NC3(CO)CCCC3)c2=O)c1. The standard InChI is InChI=1S/C20H24N2O3/c1-15-6-4-7-16(12-15)13-22-11-5-8-17(19(22)25)18(24)21-20(14-23)9-2-3-10-20/h4-8,11-12,23H,2-3,9-10,13-14H2,1H3,(H,21,24). The highest BCUT2D eigenvalue weighted by Gasteiger charge is 2.35. The fourth-order valence-corrected chi connectivity index (χ4v) is 3.52. The number of hydrogen-bond acceptors (Lipinski definition) is 3. The van der Waals surface area contributed by atoms with E-state index in [4.69, 9.17) is 0 Å². The zero-order valence-electron chi connectivity index (χ0n) is 14.5. The first-order chi connectivity index (χ1) is 12.0. The Labute approximate surface area is 147 Å². The van der Waals surface area contributed by atoms with E-state index in [2.05, 4.69) is 5.32 Å². The van der Waals surface area contributed by atoms with Crippen LogP contribution in [0.5, 0.6) is 0 Å². The van der Waals surface area contributed by atoms with Crippen molar-refractivity contribution in [3.8, 4) is 0 Å². The zero-order valence-corrected chi connectivity index (χ0v) is 14.5. The first-order valence-electron chi connectivity index (χ1n) is 8.71. The molecule has 5 nitrogen and oxygen atoms in total. The number of aromatic nitrogens is 1. The molecule has 1 heterocycles. The summed E-state index contributed by atoms with van der Waals surface area (Å²) >= 11 is 0. The van der Waals surface area contributed by atoms with Gasteiger partial charge in [0.2, 0.25) is 0 Å². The highest BCUT2D eigenvalue weighted by molar-refractivity contribution is 5.94. The molecule has 132 valence electrons. The van der Waals surface area contributed by atoms with E-state index in [0.29, 0.717) is 6.54 Å². The molecule has 0 bridgehead atoms. The lowest BCUT2D eigenvalue weighted by Gasteiger charge is -2.27. The van der Waals surface area contributed by atoms with E-state index in [9.17, 15) is 14.7 Å². The second-order valence-electron chi connectivity index (χ2n) is 6.94. The number of amides is 1. The lowest BCUT2D eigenvalue weighted by molar-refractivity contribution is 0.0836. The monoisotopic (exact) mass is 340 g/mol. The molecule has 0 atom stereocenters. The molecular weight excluding hydrogens is 316 g/mol. The molecular formula is C20H24N2O3. The number of aliphatic hydroxyl groups is 1. The Bertz CT molecular complexity index is 820. The van der Waals surface area contributed by atoms with Gasteiger partial charge in [0.25, 0.3) is 11.5 Å². The third-order valence-electron chi connectivity index (χ3n) is 4.94. The van der Waals surface area contributed by atoms with Gasteiger partial charge in [0.05, 0.1) is 18.7 Å². The Morgan fingerprint density at radius 1 is 1.24 bits per heavy atom. The number of carbonyl (C=O) groups excluding carboxylic acids is 1. The Morgan fingerprint density at radius 2 is 2.00 bits per heavy atom. The fourth-order valence-electron chi connectivity index (χ4n) is 3.52. The van der Waals surface area contributed by atoms with Crippen molar-refractivity contribution >= 4 is 5.91 Å². The van der Waals surface area contributed by atoms with Gasteiger partial charge in [0.15, 0.2) is 0 Å². The summed E-state index contributed by atoms with van der Waals surface area (Å²) < 4.78 is 1.55. The van der Waals surface area contributed by atoms with E-state index in [1.807, 2.05) is 31.2 Å². The maximum Gasteiger partial charge on any atom is 0.263 e. The van der Waals surface area contributed by atoms with Crippen LogP contribution in [0.3, 0.4) is 0 Å². The Balaban J connectivity index is 1.83. The number of rotatable bonds is 5. The minimum Gasteiger partial charge on any atom is -0.394 e. The zero-order chi connectivity index (χ0) is 17.9. The molecule has 0 unspecified atom stereocenters. The Kier molecular flexibility index (Phi) is 5.04. The molecule has 1 fully saturated rings. The van der Waals surface area contributed by atoms with Gasteiger partial charge in [-0.2, -0.15) is 0 Å². The van der Waals surface area contributed by atoms with E-state index in [1.165, 1.54) is 0 Å². The topological polar surface area (TPSA) is 71.3 Å². The van der Waals surface area contributed by atoms with Crippen LogP contribution in [0.2, 0.25) is 0 Å². The van der Waals surface area contributed by atoms with Gasteiger partial charge in [0.1, 0.15) is 5.56 Å². The number of nitrogens with zero attached hydrogens (tertiary/aromatic N) is 1. The molecule has 0 radical (unpaired) electrons. The van der Waals surface area contributed by atoms with Gasteiger partial charge in [0, 0.05) is 6.20 Å². The Morgan fingerprint density at radius 3 is 2.68 bits per heavy atom. The van der Waals surface area contributed by atoms with Crippen LogP contribution < -0.4 is 10.9 Å². The molecule has 2 N–H and O–H groups in total. The van der Waals surface area contributed by atoms with Crippen molar-refractivity contribution in [3.63, 3.8) is 0 Å². The molecule has 25 heavy (non-hydrogen) atoms. The highest BCUT2D eigenvalue weighted by atomic mass is 16.3. The van der Waals surface area contributed by atoms with Gasteiger partial charge in [-0.1, -0.05) is 42.7 Å². The molecule has 1 saturated carbocycles. The molecule has 5 heteroatoms. The van der Waals surface area contributed by atoms with Gasteiger partial charge < -0.3 is 15.0 Å². The molecule has 1 aliphatic carbocycles. The molecule has 0 spiro atoms. The predicted octanol–water partition coefficient (Wildman–Crippen LogP) is 2.24. The summed E-state index contributed by atoms with van der Waals surface area (Å²) in [5, 5.41) is 12.6. The summed E-state index contributed by atoms with van der Waals surface area (Å²) in [6.45, 7) is 2.34. The van der Waals surface area contributed by atoms with Crippen LogP contribution in [0.15, 0.2) is 47.4 Å². The smallest absolute Gasteiger partial charge is 0.263 e. The number of pyridine rings is 1. The van der Waals surface area contributed by atoms with E-state index in [0.717, 1.165) is 36.8 Å². The molecule has 2 aromatic rings. The predicted molar refractivity (Wildman–Crippen MR) is 96.7 cm³/mol. The van der Waals surface area contributed by atoms with Crippen LogP contribution in [0, 0.1) is 6.92 Å².